The molecule has 2 heterocycles. The number of hydrogen-bond acceptors (Lipinski definition) is 4. The average molecular weight is 393 g/mol. The summed E-state index contributed by atoms with van der Waals surface area (Å²) in [4.78, 5) is 20.6. The summed E-state index contributed by atoms with van der Waals surface area (Å²) in [6.07, 6.45) is 4.76. The predicted molar refractivity (Wildman–Crippen MR) is 113 cm³/mol. The lowest BCUT2D eigenvalue weighted by Gasteiger charge is -2.26. The van der Waals surface area contributed by atoms with Gasteiger partial charge in [-0.15, -0.1) is 0 Å². The number of nitrogens with one attached hydrogen (secondary N) is 3. The number of hydrogen-bond donors (Lipinski definition) is 3. The number of anilines is 1. The molecule has 3 N–H and O–H groups in total. The summed E-state index contributed by atoms with van der Waals surface area (Å²) in [5, 5.41) is 9.60. The van der Waals surface area contributed by atoms with Gasteiger partial charge in [0.2, 0.25) is 11.8 Å². The topological polar surface area (TPSA) is 87.6 Å². The van der Waals surface area contributed by atoms with Crippen molar-refractivity contribution < 1.29 is 9.53 Å². The van der Waals surface area contributed by atoms with Gasteiger partial charge in [0.25, 0.3) is 0 Å². The molecule has 1 amide bonds. The van der Waals surface area contributed by atoms with Gasteiger partial charge < -0.3 is 20.7 Å². The molecule has 1 unspecified atom stereocenters. The molecule has 0 bridgehead atoms. The molecule has 152 valence electrons. The van der Waals surface area contributed by atoms with Crippen LogP contribution in [-0.2, 0) is 11.3 Å². The molecule has 7 nitrogen and oxygen atoms in total. The Balaban J connectivity index is 1.30. The maximum atomic E-state index is 12.0. The van der Waals surface area contributed by atoms with E-state index >= 15 is 0 Å². The third-order valence-electron chi connectivity index (χ3n) is 5.27. The van der Waals surface area contributed by atoms with Crippen molar-refractivity contribution in [1.82, 2.24) is 15.6 Å². The zero-order valence-electron chi connectivity index (χ0n) is 16.6. The Morgan fingerprint density at radius 3 is 2.97 bits per heavy atom. The van der Waals surface area contributed by atoms with Crippen LogP contribution in [0.15, 0.2) is 47.6 Å². The second-order valence-corrected chi connectivity index (χ2v) is 7.60. The predicted octanol–water partition coefficient (Wildman–Crippen LogP) is 2.66. The van der Waals surface area contributed by atoms with Gasteiger partial charge in [0, 0.05) is 50.4 Å². The van der Waals surface area contributed by atoms with Crippen molar-refractivity contribution in [3.8, 4) is 5.88 Å². The number of amides is 1. The molecule has 4 rings (SSSR count). The highest BCUT2D eigenvalue weighted by molar-refractivity contribution is 5.94. The largest absolute Gasteiger partial charge is 0.477 e. The molecular weight excluding hydrogens is 366 g/mol. The van der Waals surface area contributed by atoms with Crippen LogP contribution in [0, 0.1) is 5.92 Å². The van der Waals surface area contributed by atoms with E-state index in [0.29, 0.717) is 37.3 Å². The van der Waals surface area contributed by atoms with Crippen LogP contribution in [0.3, 0.4) is 0 Å². The fourth-order valence-corrected chi connectivity index (χ4v) is 3.44. The Morgan fingerprint density at radius 1 is 1.28 bits per heavy atom. The molecular formula is C22H27N5O2. The summed E-state index contributed by atoms with van der Waals surface area (Å²) in [6, 6.07) is 11.9. The Bertz CT molecular complexity index is 894. The van der Waals surface area contributed by atoms with Gasteiger partial charge in [-0.2, -0.15) is 0 Å². The van der Waals surface area contributed by atoms with Gasteiger partial charge in [-0.25, -0.2) is 4.98 Å². The second-order valence-electron chi connectivity index (χ2n) is 7.60. The minimum atomic E-state index is 0.0500. The first-order valence-corrected chi connectivity index (χ1v) is 10.1. The van der Waals surface area contributed by atoms with Crippen LogP contribution in [0.1, 0.15) is 36.3 Å². The lowest BCUT2D eigenvalue weighted by Crippen LogP contribution is -2.40. The van der Waals surface area contributed by atoms with Crippen LogP contribution in [-0.4, -0.2) is 37.1 Å². The van der Waals surface area contributed by atoms with E-state index in [4.69, 9.17) is 4.74 Å². The Morgan fingerprint density at radius 2 is 2.14 bits per heavy atom. The van der Waals surface area contributed by atoms with Crippen LogP contribution in [0.5, 0.6) is 5.88 Å². The summed E-state index contributed by atoms with van der Waals surface area (Å²) in [5.74, 6) is 2.24. The van der Waals surface area contributed by atoms with E-state index in [2.05, 4.69) is 32.0 Å². The Labute approximate surface area is 171 Å². The number of aromatic nitrogens is 1. The molecule has 1 aromatic heterocycles. The van der Waals surface area contributed by atoms with E-state index in [9.17, 15) is 4.79 Å². The van der Waals surface area contributed by atoms with Crippen LogP contribution in [0.4, 0.5) is 5.69 Å². The van der Waals surface area contributed by atoms with Gasteiger partial charge in [0.1, 0.15) is 0 Å². The summed E-state index contributed by atoms with van der Waals surface area (Å²) in [7, 11) is 1.74. The highest BCUT2D eigenvalue weighted by Crippen LogP contribution is 2.31. The number of guanidine groups is 1. The number of para-hydroxylation sites is 1. The van der Waals surface area contributed by atoms with Crippen molar-refractivity contribution in [2.75, 3.05) is 25.5 Å². The maximum absolute atomic E-state index is 12.0. The molecule has 0 radical (unpaired) electrons. The first-order chi connectivity index (χ1) is 14.2. The minimum Gasteiger partial charge on any atom is -0.477 e. The molecule has 2 aromatic rings. The lowest BCUT2D eigenvalue weighted by molar-refractivity contribution is -0.116. The number of carbonyl (C=O) groups is 1. The molecule has 1 atom stereocenters. The number of rotatable bonds is 7. The third kappa shape index (κ3) is 5.25. The zero-order valence-corrected chi connectivity index (χ0v) is 16.6. The molecule has 0 spiro atoms. The SMILES string of the molecule is CN=C(NCc1ccnc(OCC2CC2)c1)NCC1CC(=O)Nc2ccccc21. The van der Waals surface area contributed by atoms with Crippen molar-refractivity contribution in [2.45, 2.75) is 31.7 Å². The van der Waals surface area contributed by atoms with Crippen molar-refractivity contribution in [1.29, 1.82) is 0 Å². The normalized spacial score (nSPS) is 18.6. The highest BCUT2D eigenvalue weighted by Gasteiger charge is 2.25. The fourth-order valence-electron chi connectivity index (χ4n) is 3.44. The molecule has 1 saturated carbocycles. The van der Waals surface area contributed by atoms with Gasteiger partial charge >= 0.3 is 0 Å². The number of nitrogens with zero attached hydrogens (tertiary/aromatic N) is 2. The van der Waals surface area contributed by atoms with Crippen LogP contribution < -0.4 is 20.7 Å². The fraction of sp³-hybridized carbons (Fsp3) is 0.409. The summed E-state index contributed by atoms with van der Waals surface area (Å²) < 4.78 is 5.75. The number of carbonyl (C=O) groups excluding carboxylic acids is 1. The standard InChI is InChI=1S/C22H27N5O2/c1-23-22(25-12-16-8-9-24-21(10-16)29-14-15-6-7-15)26-13-17-11-20(28)27-19-5-3-2-4-18(17)19/h2-5,8-10,15,17H,6-7,11-14H2,1H3,(H,27,28)(H2,23,25,26). The van der Waals surface area contributed by atoms with E-state index < -0.39 is 0 Å². The third-order valence-corrected chi connectivity index (χ3v) is 5.27. The zero-order chi connectivity index (χ0) is 20.1. The number of pyridine rings is 1. The van der Waals surface area contributed by atoms with E-state index in [1.807, 2.05) is 30.3 Å². The number of aliphatic imine (C=N–C) groups is 1. The number of fused-ring (bicyclic) bond motifs is 1. The monoisotopic (exact) mass is 393 g/mol. The van der Waals surface area contributed by atoms with Gasteiger partial charge in [-0.1, -0.05) is 18.2 Å². The van der Waals surface area contributed by atoms with Gasteiger partial charge in [0.05, 0.1) is 6.61 Å². The van der Waals surface area contributed by atoms with Crippen molar-refractivity contribution in [3.05, 3.63) is 53.7 Å². The smallest absolute Gasteiger partial charge is 0.225 e. The number of benzene rings is 1. The van der Waals surface area contributed by atoms with E-state index in [1.54, 1.807) is 13.2 Å². The molecule has 1 aromatic carbocycles. The first kappa shape index (κ1) is 19.2. The van der Waals surface area contributed by atoms with E-state index in [0.717, 1.165) is 23.4 Å². The molecule has 1 fully saturated rings. The molecule has 2 aliphatic rings. The molecule has 29 heavy (non-hydrogen) atoms. The Hall–Kier alpha value is -3.09. The number of ether oxygens (including phenoxy) is 1. The molecule has 0 saturated heterocycles. The van der Waals surface area contributed by atoms with Crippen LogP contribution in [0.25, 0.3) is 0 Å². The second kappa shape index (κ2) is 8.94. The molecule has 1 aliphatic carbocycles. The van der Waals surface area contributed by atoms with Gasteiger partial charge in [-0.05, 0) is 42.0 Å². The van der Waals surface area contributed by atoms with Gasteiger partial charge in [0.15, 0.2) is 5.96 Å². The van der Waals surface area contributed by atoms with Crippen molar-refractivity contribution in [3.63, 3.8) is 0 Å². The van der Waals surface area contributed by atoms with Crippen molar-refractivity contribution in [2.24, 2.45) is 10.9 Å². The first-order valence-electron chi connectivity index (χ1n) is 10.1. The highest BCUT2D eigenvalue weighted by atomic mass is 16.5. The van der Waals surface area contributed by atoms with Crippen molar-refractivity contribution >= 4 is 17.6 Å². The van der Waals surface area contributed by atoms with Crippen LogP contribution in [0.2, 0.25) is 0 Å². The summed E-state index contributed by atoms with van der Waals surface area (Å²) in [5.41, 5.74) is 3.13. The average Bonchev–Trinajstić information content (AvgIpc) is 3.57. The molecule has 7 heteroatoms. The van der Waals surface area contributed by atoms with Crippen LogP contribution >= 0.6 is 0 Å². The summed E-state index contributed by atoms with van der Waals surface area (Å²) in [6.45, 7) is 2.00. The lowest BCUT2D eigenvalue weighted by atomic mass is 9.90. The minimum absolute atomic E-state index is 0.0500. The Kier molecular flexibility index (Phi) is 5.93. The molecule has 1 aliphatic heterocycles. The quantitative estimate of drug-likeness (QED) is 0.497. The van der Waals surface area contributed by atoms with E-state index in [1.165, 1.54) is 12.8 Å². The van der Waals surface area contributed by atoms with E-state index in [-0.39, 0.29) is 11.8 Å². The maximum Gasteiger partial charge on any atom is 0.225 e. The summed E-state index contributed by atoms with van der Waals surface area (Å²) >= 11 is 0. The van der Waals surface area contributed by atoms with Gasteiger partial charge in [-0.3, -0.25) is 9.79 Å².